The third kappa shape index (κ3) is 5.86. The minimum Gasteiger partial charge on any atom is -0.468 e. The lowest BCUT2D eigenvalue weighted by molar-refractivity contribution is -0.0402. The van der Waals surface area contributed by atoms with Gasteiger partial charge in [0.15, 0.2) is 6.79 Å². The fourth-order valence-electron chi connectivity index (χ4n) is 6.57. The molecule has 1 aliphatic heterocycles. The summed E-state index contributed by atoms with van der Waals surface area (Å²) in [6.07, 6.45) is 3.34. The first-order chi connectivity index (χ1) is 22.9. The molecule has 0 saturated heterocycles. The van der Waals surface area contributed by atoms with Gasteiger partial charge in [0.05, 0.1) is 35.4 Å². The Labute approximate surface area is 275 Å². The molecule has 0 fully saturated rings. The van der Waals surface area contributed by atoms with E-state index in [4.69, 9.17) is 50.7 Å². The Morgan fingerprint density at radius 3 is 2.62 bits per heavy atom. The van der Waals surface area contributed by atoms with Gasteiger partial charge in [0.2, 0.25) is 5.28 Å². The van der Waals surface area contributed by atoms with E-state index in [-0.39, 0.29) is 24.7 Å². The first-order valence-corrected chi connectivity index (χ1v) is 15.8. The van der Waals surface area contributed by atoms with Crippen molar-refractivity contribution in [2.75, 3.05) is 39.3 Å². The largest absolute Gasteiger partial charge is 0.468 e. The van der Waals surface area contributed by atoms with Gasteiger partial charge in [0, 0.05) is 51.5 Å². The number of fused-ring (bicyclic) bond motifs is 5. The Hall–Kier alpha value is -4.36. The number of hydrogen-bond donors (Lipinski definition) is 0. The van der Waals surface area contributed by atoms with Crippen molar-refractivity contribution in [2.24, 2.45) is 7.05 Å². The minimum atomic E-state index is -0.258. The van der Waals surface area contributed by atoms with Crippen LogP contribution in [0.5, 0.6) is 5.75 Å². The van der Waals surface area contributed by atoms with E-state index >= 15 is 4.39 Å². The first-order valence-electron chi connectivity index (χ1n) is 15.5. The number of anilines is 1. The number of hydrogen-bond acceptors (Lipinski definition) is 9. The zero-order valence-electron chi connectivity index (χ0n) is 26.7. The van der Waals surface area contributed by atoms with Gasteiger partial charge in [0.25, 0.3) is 0 Å². The highest BCUT2D eigenvalue weighted by atomic mass is 35.5. The summed E-state index contributed by atoms with van der Waals surface area (Å²) in [7, 11) is 5.05. The van der Waals surface area contributed by atoms with Crippen molar-refractivity contribution in [3.8, 4) is 16.9 Å². The molecule has 0 atom stereocenters. The van der Waals surface area contributed by atoms with Gasteiger partial charge in [-0.15, -0.1) is 0 Å². The van der Waals surface area contributed by atoms with Crippen molar-refractivity contribution >= 4 is 50.0 Å². The molecule has 0 spiro atoms. The molecule has 0 unspecified atom stereocenters. The summed E-state index contributed by atoms with van der Waals surface area (Å²) in [4.78, 5) is 11.7. The average molecular weight is 660 g/mol. The molecule has 0 radical (unpaired) electrons. The van der Waals surface area contributed by atoms with Crippen molar-refractivity contribution in [3.63, 3.8) is 0 Å². The van der Waals surface area contributed by atoms with Crippen molar-refractivity contribution in [1.29, 1.82) is 0 Å². The number of aromatic nitrogens is 6. The maximum Gasteiger partial charge on any atom is 0.224 e. The second-order valence-electron chi connectivity index (χ2n) is 11.6. The predicted molar refractivity (Wildman–Crippen MR) is 178 cm³/mol. The number of nitrogens with zero attached hydrogens (tertiary/aromatic N) is 7. The summed E-state index contributed by atoms with van der Waals surface area (Å²) < 4.78 is 40.7. The van der Waals surface area contributed by atoms with Gasteiger partial charge in [-0.3, -0.25) is 9.36 Å². The van der Waals surface area contributed by atoms with Crippen LogP contribution in [0.1, 0.15) is 30.3 Å². The van der Waals surface area contributed by atoms with Crippen molar-refractivity contribution in [2.45, 2.75) is 39.5 Å². The van der Waals surface area contributed by atoms with Crippen LogP contribution in [0.2, 0.25) is 5.28 Å². The van der Waals surface area contributed by atoms with Crippen LogP contribution in [0.4, 0.5) is 10.2 Å². The molecule has 0 bridgehead atoms. The van der Waals surface area contributed by atoms with E-state index in [9.17, 15) is 0 Å². The molecule has 3 aromatic carbocycles. The molecule has 13 heteroatoms. The number of rotatable bonds is 10. The molecule has 0 aliphatic carbocycles. The highest BCUT2D eigenvalue weighted by Crippen LogP contribution is 2.43. The van der Waals surface area contributed by atoms with E-state index in [1.807, 2.05) is 43.0 Å². The highest BCUT2D eigenvalue weighted by Gasteiger charge is 2.25. The Morgan fingerprint density at radius 1 is 0.957 bits per heavy atom. The van der Waals surface area contributed by atoms with Crippen LogP contribution < -0.4 is 9.64 Å². The smallest absolute Gasteiger partial charge is 0.224 e. The van der Waals surface area contributed by atoms with Gasteiger partial charge in [0.1, 0.15) is 29.7 Å². The monoisotopic (exact) mass is 659 g/mol. The summed E-state index contributed by atoms with van der Waals surface area (Å²) in [6, 6.07) is 11.1. The van der Waals surface area contributed by atoms with Gasteiger partial charge in [-0.25, -0.2) is 9.37 Å². The molecule has 244 valence electrons. The normalized spacial score (nSPS) is 13.5. The molecule has 7 rings (SSSR count). The summed E-state index contributed by atoms with van der Waals surface area (Å²) in [5.41, 5.74) is 5.48. The maximum absolute atomic E-state index is 15.3. The van der Waals surface area contributed by atoms with Gasteiger partial charge in [-0.1, -0.05) is 13.0 Å². The fraction of sp³-hybridized carbons (Fsp3) is 0.353. The fourth-order valence-corrected chi connectivity index (χ4v) is 6.74. The lowest BCUT2D eigenvalue weighted by Gasteiger charge is -2.23. The molecule has 47 heavy (non-hydrogen) atoms. The molecular weight excluding hydrogens is 625 g/mol. The van der Waals surface area contributed by atoms with E-state index in [0.29, 0.717) is 36.4 Å². The predicted octanol–water partition coefficient (Wildman–Crippen LogP) is 6.40. The summed E-state index contributed by atoms with van der Waals surface area (Å²) >= 11 is 6.66. The van der Waals surface area contributed by atoms with Gasteiger partial charge < -0.3 is 23.8 Å². The summed E-state index contributed by atoms with van der Waals surface area (Å²) in [6.45, 7) is 4.69. The van der Waals surface area contributed by atoms with E-state index in [0.717, 1.165) is 74.9 Å². The zero-order valence-corrected chi connectivity index (χ0v) is 27.5. The van der Waals surface area contributed by atoms with Crippen molar-refractivity contribution in [1.82, 2.24) is 29.5 Å². The second-order valence-corrected chi connectivity index (χ2v) is 11.9. The van der Waals surface area contributed by atoms with Crippen LogP contribution in [0, 0.1) is 5.82 Å². The van der Waals surface area contributed by atoms with Crippen LogP contribution in [-0.2, 0) is 47.4 Å². The average Bonchev–Trinajstić information content (AvgIpc) is 3.58. The van der Waals surface area contributed by atoms with Crippen LogP contribution in [0.3, 0.4) is 0 Å². The topological polar surface area (TPSA) is 102 Å². The number of aryl methyl sites for hydroxylation is 3. The molecule has 0 N–H and O–H groups in total. The third-order valence-electron chi connectivity index (χ3n) is 8.47. The lowest BCUT2D eigenvalue weighted by Crippen LogP contribution is -2.24. The number of methoxy groups -OCH3 is 2. The minimum absolute atomic E-state index is 0.0755. The highest BCUT2D eigenvalue weighted by molar-refractivity contribution is 6.29. The summed E-state index contributed by atoms with van der Waals surface area (Å²) in [5.74, 6) is 1.06. The summed E-state index contributed by atoms with van der Waals surface area (Å²) in [5, 5.41) is 13.2. The van der Waals surface area contributed by atoms with Crippen LogP contribution >= 0.6 is 11.6 Å². The van der Waals surface area contributed by atoms with E-state index < -0.39 is 0 Å². The Kier molecular flexibility index (Phi) is 8.67. The molecule has 0 amide bonds. The number of ether oxygens (including phenoxy) is 4. The Balaban J connectivity index is 1.42. The van der Waals surface area contributed by atoms with Crippen LogP contribution in [-0.4, -0.2) is 63.9 Å². The van der Waals surface area contributed by atoms with Crippen molar-refractivity contribution in [3.05, 3.63) is 70.6 Å². The number of benzene rings is 3. The molecule has 1 aliphatic rings. The van der Waals surface area contributed by atoms with E-state index in [1.165, 1.54) is 6.07 Å². The van der Waals surface area contributed by atoms with E-state index in [2.05, 4.69) is 11.0 Å². The quantitative estimate of drug-likeness (QED) is 0.0939. The van der Waals surface area contributed by atoms with Gasteiger partial charge in [-0.05, 0) is 76.7 Å². The molecular formula is C34H35ClFN7O4. The lowest BCUT2D eigenvalue weighted by atomic mass is 9.91. The zero-order chi connectivity index (χ0) is 32.7. The number of halogens is 2. The maximum atomic E-state index is 15.3. The Morgan fingerprint density at radius 2 is 1.81 bits per heavy atom. The molecule has 0 saturated carbocycles. The second kappa shape index (κ2) is 13.0. The molecule has 4 heterocycles. The molecule has 3 aromatic heterocycles. The first kappa shape index (κ1) is 31.3. The van der Waals surface area contributed by atoms with Gasteiger partial charge in [-0.2, -0.15) is 15.2 Å². The third-order valence-corrected chi connectivity index (χ3v) is 8.64. The Bertz CT molecular complexity index is 2110. The SMILES string of the molecule is CCc1c(F)ccc2cc(OCOC)cc(-c3cc4nc(Cl)nc(N5CCCn6nc(COCOC)cc6C5)c4c4cn(C)nc34)c12. The molecule has 6 aromatic rings. The van der Waals surface area contributed by atoms with E-state index in [1.54, 1.807) is 25.0 Å². The van der Waals surface area contributed by atoms with Gasteiger partial charge >= 0.3 is 0 Å². The molecule has 11 nitrogen and oxygen atoms in total. The standard InChI is InChI=1S/C34H35ClFN7O4/c1-5-24-28(36)8-7-20-11-23(47-19-45-4)13-25(30(20)24)26-14-29-31(27-16-41(2)40-32(26)27)33(38-34(35)37-29)42-9-6-10-43-22(15-42)12-21(39-43)17-46-18-44-3/h7-8,11-14,16H,5-6,9-10,15,17-19H2,1-4H3. The van der Waals surface area contributed by atoms with Crippen molar-refractivity contribution < 1.29 is 23.3 Å². The van der Waals surface area contributed by atoms with Crippen LogP contribution in [0.25, 0.3) is 43.7 Å². The van der Waals surface area contributed by atoms with Crippen LogP contribution in [0.15, 0.2) is 42.6 Å².